The number of hydrogen-bond donors (Lipinski definition) is 2. The molecule has 0 fully saturated rings. The van der Waals surface area contributed by atoms with E-state index in [0.29, 0.717) is 25.7 Å². The van der Waals surface area contributed by atoms with Gasteiger partial charge >= 0.3 is 0 Å². The Kier molecular flexibility index (Phi) is 8.56. The number of methoxy groups -OCH3 is 1. The fourth-order valence-electron chi connectivity index (χ4n) is 2.65. The van der Waals surface area contributed by atoms with Gasteiger partial charge in [-0.05, 0) is 35.4 Å². The van der Waals surface area contributed by atoms with Gasteiger partial charge in [-0.15, -0.1) is 0 Å². The number of nitrogens with one attached hydrogen (secondary N) is 2. The largest absolute Gasteiger partial charge is 0.383 e. The summed E-state index contributed by atoms with van der Waals surface area (Å²) in [6.45, 7) is 1.59. The fourth-order valence-corrected chi connectivity index (χ4v) is 3.67. The molecule has 2 aromatic carbocycles. The van der Waals surface area contributed by atoms with Crippen molar-refractivity contribution in [2.75, 3.05) is 34.4 Å². The lowest BCUT2D eigenvalue weighted by Crippen LogP contribution is -2.38. The van der Waals surface area contributed by atoms with Crippen molar-refractivity contribution in [3.8, 4) is 0 Å². The van der Waals surface area contributed by atoms with E-state index in [1.54, 1.807) is 43.4 Å². The highest BCUT2D eigenvalue weighted by molar-refractivity contribution is 7.89. The van der Waals surface area contributed by atoms with Gasteiger partial charge in [0.2, 0.25) is 10.0 Å². The summed E-state index contributed by atoms with van der Waals surface area (Å²) in [5.74, 6) is 0.408. The third-order valence-corrected chi connectivity index (χ3v) is 5.67. The number of halogens is 1. The van der Waals surface area contributed by atoms with Crippen molar-refractivity contribution < 1.29 is 17.5 Å². The summed E-state index contributed by atoms with van der Waals surface area (Å²) in [6, 6.07) is 13.0. The van der Waals surface area contributed by atoms with Gasteiger partial charge in [0.05, 0.1) is 11.5 Å². The van der Waals surface area contributed by atoms with Gasteiger partial charge in [0, 0.05) is 40.8 Å². The Labute approximate surface area is 171 Å². The highest BCUT2D eigenvalue weighted by Gasteiger charge is 2.13. The second-order valence-electron chi connectivity index (χ2n) is 6.42. The molecular formula is C20H27FN4O3S. The third-order valence-electron chi connectivity index (χ3n) is 4.19. The van der Waals surface area contributed by atoms with Crippen molar-refractivity contribution in [3.63, 3.8) is 0 Å². The first-order valence-electron chi connectivity index (χ1n) is 9.09. The van der Waals surface area contributed by atoms with Crippen LogP contribution in [0.1, 0.15) is 11.1 Å². The van der Waals surface area contributed by atoms with E-state index in [-0.39, 0.29) is 17.3 Å². The Bertz CT molecular complexity index is 900. The maximum absolute atomic E-state index is 13.0. The molecule has 0 saturated heterocycles. The zero-order valence-electron chi connectivity index (χ0n) is 16.9. The predicted molar refractivity (Wildman–Crippen MR) is 112 cm³/mol. The second kappa shape index (κ2) is 10.9. The maximum atomic E-state index is 13.0. The average Bonchev–Trinajstić information content (AvgIpc) is 2.70. The van der Waals surface area contributed by atoms with Gasteiger partial charge in [-0.25, -0.2) is 17.5 Å². The Balaban J connectivity index is 1.92. The zero-order chi connectivity index (χ0) is 21.3. The van der Waals surface area contributed by atoms with Crippen molar-refractivity contribution in [3.05, 3.63) is 65.5 Å². The van der Waals surface area contributed by atoms with Gasteiger partial charge in [-0.2, -0.15) is 0 Å². The summed E-state index contributed by atoms with van der Waals surface area (Å²) in [5, 5.41) is 3.24. The zero-order valence-corrected chi connectivity index (χ0v) is 17.7. The summed E-state index contributed by atoms with van der Waals surface area (Å²) in [7, 11) is 1.54. The lowest BCUT2D eigenvalue weighted by atomic mass is 10.2. The number of rotatable bonds is 9. The molecule has 0 aliphatic rings. The summed E-state index contributed by atoms with van der Waals surface area (Å²) in [6.07, 6.45) is 0. The van der Waals surface area contributed by atoms with Crippen LogP contribution in [0.2, 0.25) is 0 Å². The van der Waals surface area contributed by atoms with Gasteiger partial charge in [0.15, 0.2) is 5.96 Å². The smallest absolute Gasteiger partial charge is 0.240 e. The first-order valence-corrected chi connectivity index (χ1v) is 10.6. The Morgan fingerprint density at radius 1 is 1.10 bits per heavy atom. The molecule has 0 amide bonds. The molecule has 7 nitrogen and oxygen atoms in total. The molecule has 9 heteroatoms. The number of ether oxygens (including phenoxy) is 1. The van der Waals surface area contributed by atoms with E-state index in [4.69, 9.17) is 4.74 Å². The molecule has 0 aliphatic heterocycles. The summed E-state index contributed by atoms with van der Waals surface area (Å²) in [4.78, 5) is 6.38. The number of nitrogens with zero attached hydrogens (tertiary/aromatic N) is 2. The van der Waals surface area contributed by atoms with Crippen LogP contribution in [-0.4, -0.2) is 53.6 Å². The van der Waals surface area contributed by atoms with Gasteiger partial charge < -0.3 is 15.0 Å². The Morgan fingerprint density at radius 2 is 1.72 bits per heavy atom. The van der Waals surface area contributed by atoms with Crippen LogP contribution < -0.4 is 10.0 Å². The summed E-state index contributed by atoms with van der Waals surface area (Å²) >= 11 is 0. The minimum atomic E-state index is -3.55. The monoisotopic (exact) mass is 422 g/mol. The standard InChI is InChI=1S/C20H27FN4O3S/c1-22-20(25(2)15-17-4-8-18(21)9-5-17)23-14-16-6-10-19(11-7-16)29(26,27)24-12-13-28-3/h4-11,24H,12-15H2,1-3H3,(H,22,23). The molecule has 0 heterocycles. The van der Waals surface area contributed by atoms with Crippen molar-refractivity contribution in [1.29, 1.82) is 0 Å². The van der Waals surface area contributed by atoms with Gasteiger partial charge in [-0.3, -0.25) is 4.99 Å². The van der Waals surface area contributed by atoms with Crippen LogP contribution in [0, 0.1) is 5.82 Å². The van der Waals surface area contributed by atoms with E-state index in [1.165, 1.54) is 19.2 Å². The molecule has 2 N–H and O–H groups in total. The van der Waals surface area contributed by atoms with Crippen LogP contribution in [0.15, 0.2) is 58.4 Å². The highest BCUT2D eigenvalue weighted by atomic mass is 32.2. The molecule has 0 spiro atoms. The number of benzene rings is 2. The van der Waals surface area contributed by atoms with Gasteiger partial charge in [0.25, 0.3) is 0 Å². The quantitative estimate of drug-likeness (QED) is 0.367. The molecule has 0 radical (unpaired) electrons. The van der Waals surface area contributed by atoms with Gasteiger partial charge in [-0.1, -0.05) is 24.3 Å². The third kappa shape index (κ3) is 7.12. The van der Waals surface area contributed by atoms with E-state index >= 15 is 0 Å². The first kappa shape index (κ1) is 22.8. The number of guanidine groups is 1. The molecule has 2 rings (SSSR count). The van der Waals surface area contributed by atoms with E-state index in [0.717, 1.165) is 11.1 Å². The number of aliphatic imine (C=N–C) groups is 1. The molecule has 2 aromatic rings. The highest BCUT2D eigenvalue weighted by Crippen LogP contribution is 2.11. The number of hydrogen-bond acceptors (Lipinski definition) is 4. The molecule has 0 saturated carbocycles. The summed E-state index contributed by atoms with van der Waals surface area (Å²) in [5.41, 5.74) is 1.88. The van der Waals surface area contributed by atoms with E-state index in [2.05, 4.69) is 15.0 Å². The fraction of sp³-hybridized carbons (Fsp3) is 0.350. The molecule has 0 atom stereocenters. The molecule has 158 valence electrons. The molecule has 0 unspecified atom stereocenters. The van der Waals surface area contributed by atoms with E-state index in [9.17, 15) is 12.8 Å². The summed E-state index contributed by atoms with van der Waals surface area (Å²) < 4.78 is 44.7. The van der Waals surface area contributed by atoms with Gasteiger partial charge in [0.1, 0.15) is 5.82 Å². The number of sulfonamides is 1. The normalized spacial score (nSPS) is 12.1. The van der Waals surface area contributed by atoms with Crippen molar-refractivity contribution >= 4 is 16.0 Å². The van der Waals surface area contributed by atoms with Crippen LogP contribution >= 0.6 is 0 Å². The molecular weight excluding hydrogens is 395 g/mol. The predicted octanol–water partition coefficient (Wildman–Crippen LogP) is 1.96. The first-order chi connectivity index (χ1) is 13.9. The van der Waals surface area contributed by atoms with Crippen molar-refractivity contribution in [2.45, 2.75) is 18.0 Å². The lowest BCUT2D eigenvalue weighted by Gasteiger charge is -2.22. The lowest BCUT2D eigenvalue weighted by molar-refractivity contribution is 0.204. The van der Waals surface area contributed by atoms with Crippen LogP contribution in [-0.2, 0) is 27.8 Å². The average molecular weight is 423 g/mol. The van der Waals surface area contributed by atoms with Crippen molar-refractivity contribution in [1.82, 2.24) is 14.9 Å². The van der Waals surface area contributed by atoms with Crippen LogP contribution in [0.25, 0.3) is 0 Å². The van der Waals surface area contributed by atoms with Crippen LogP contribution in [0.5, 0.6) is 0 Å². The molecule has 29 heavy (non-hydrogen) atoms. The topological polar surface area (TPSA) is 83.0 Å². The molecule has 0 aliphatic carbocycles. The SMILES string of the molecule is CN=C(NCc1ccc(S(=O)(=O)NCCOC)cc1)N(C)Cc1ccc(F)cc1. The van der Waals surface area contributed by atoms with E-state index in [1.807, 2.05) is 11.9 Å². The Hall–Kier alpha value is -2.49. The molecule has 0 bridgehead atoms. The second-order valence-corrected chi connectivity index (χ2v) is 8.18. The van der Waals surface area contributed by atoms with Crippen LogP contribution in [0.3, 0.4) is 0 Å². The Morgan fingerprint density at radius 3 is 2.31 bits per heavy atom. The van der Waals surface area contributed by atoms with Crippen LogP contribution in [0.4, 0.5) is 4.39 Å². The van der Waals surface area contributed by atoms with Crippen molar-refractivity contribution in [2.24, 2.45) is 4.99 Å². The molecule has 0 aromatic heterocycles. The minimum Gasteiger partial charge on any atom is -0.383 e. The van der Waals surface area contributed by atoms with E-state index < -0.39 is 10.0 Å². The minimum absolute atomic E-state index is 0.204. The maximum Gasteiger partial charge on any atom is 0.240 e.